The van der Waals surface area contributed by atoms with Crippen LogP contribution < -0.4 is 0 Å². The van der Waals surface area contributed by atoms with Crippen LogP contribution in [0.3, 0.4) is 0 Å². The van der Waals surface area contributed by atoms with Gasteiger partial charge in [0.2, 0.25) is 5.91 Å². The number of aromatic nitrogens is 3. The maximum Gasteiger partial charge on any atom is 0.235 e. The number of likely N-dealkylation sites (tertiary alicyclic amines) is 1. The van der Waals surface area contributed by atoms with E-state index in [1.54, 1.807) is 18.2 Å². The van der Waals surface area contributed by atoms with Crippen LogP contribution in [0, 0.1) is 0 Å². The number of carbonyl (C=O) groups is 1. The van der Waals surface area contributed by atoms with E-state index >= 15 is 0 Å². The molecule has 8 heteroatoms. The molecular weight excluding hydrogens is 391 g/mol. The molecule has 0 N–H and O–H groups in total. The van der Waals surface area contributed by atoms with E-state index in [2.05, 4.69) is 16.8 Å². The first-order valence-electron chi connectivity index (χ1n) is 8.46. The lowest BCUT2D eigenvalue weighted by Crippen LogP contribution is -2.34. The van der Waals surface area contributed by atoms with E-state index in [0.29, 0.717) is 27.6 Å². The van der Waals surface area contributed by atoms with E-state index < -0.39 is 0 Å². The lowest BCUT2D eigenvalue weighted by molar-refractivity contribution is -0.129. The van der Waals surface area contributed by atoms with Crippen molar-refractivity contribution in [1.29, 1.82) is 0 Å². The molecule has 0 aliphatic carbocycles. The Morgan fingerprint density at radius 3 is 2.73 bits per heavy atom. The second-order valence-electron chi connectivity index (χ2n) is 6.12. The Hall–Kier alpha value is -1.50. The summed E-state index contributed by atoms with van der Waals surface area (Å²) in [6, 6.07) is 5.27. The summed E-state index contributed by atoms with van der Waals surface area (Å²) in [6.45, 7) is 7.93. The zero-order chi connectivity index (χ0) is 18.7. The van der Waals surface area contributed by atoms with Gasteiger partial charge in [-0.05, 0) is 38.0 Å². The van der Waals surface area contributed by atoms with Gasteiger partial charge in [-0.1, -0.05) is 41.0 Å². The first-order valence-corrected chi connectivity index (χ1v) is 10.1. The van der Waals surface area contributed by atoms with Crippen LogP contribution in [0.15, 0.2) is 36.0 Å². The molecule has 0 spiro atoms. The highest BCUT2D eigenvalue weighted by Crippen LogP contribution is 2.33. The highest BCUT2D eigenvalue weighted by Gasteiger charge is 2.26. The smallest absolute Gasteiger partial charge is 0.235 e. The number of nitrogens with zero attached hydrogens (tertiary/aromatic N) is 4. The second kappa shape index (κ2) is 8.46. The van der Waals surface area contributed by atoms with Gasteiger partial charge in [-0.15, -0.1) is 16.8 Å². The molecule has 1 amide bonds. The van der Waals surface area contributed by atoms with Crippen LogP contribution in [-0.4, -0.2) is 43.9 Å². The summed E-state index contributed by atoms with van der Waals surface area (Å²) in [4.78, 5) is 14.5. The fourth-order valence-electron chi connectivity index (χ4n) is 2.94. The molecule has 0 radical (unpaired) electrons. The largest absolute Gasteiger partial charge is 0.342 e. The van der Waals surface area contributed by atoms with E-state index in [0.717, 1.165) is 31.5 Å². The number of amides is 1. The Kier molecular flexibility index (Phi) is 6.27. The Bertz CT molecular complexity index is 818. The van der Waals surface area contributed by atoms with Crippen molar-refractivity contribution in [3.05, 3.63) is 40.9 Å². The zero-order valence-corrected chi connectivity index (χ0v) is 16.8. The van der Waals surface area contributed by atoms with Crippen molar-refractivity contribution in [1.82, 2.24) is 19.7 Å². The van der Waals surface area contributed by atoms with Gasteiger partial charge in [0.05, 0.1) is 10.3 Å². The van der Waals surface area contributed by atoms with Crippen molar-refractivity contribution in [3.63, 3.8) is 0 Å². The second-order valence-corrected chi connectivity index (χ2v) is 8.27. The van der Waals surface area contributed by atoms with Crippen molar-refractivity contribution in [3.8, 4) is 11.4 Å². The van der Waals surface area contributed by atoms with E-state index in [4.69, 9.17) is 23.2 Å². The molecule has 1 aromatic heterocycles. The molecule has 1 fully saturated rings. The van der Waals surface area contributed by atoms with Crippen LogP contribution in [0.5, 0.6) is 0 Å². The molecule has 1 aliphatic rings. The van der Waals surface area contributed by atoms with Gasteiger partial charge in [-0.2, -0.15) is 0 Å². The molecule has 1 aliphatic heterocycles. The third kappa shape index (κ3) is 4.08. The molecule has 138 valence electrons. The van der Waals surface area contributed by atoms with Crippen molar-refractivity contribution < 1.29 is 4.79 Å². The van der Waals surface area contributed by atoms with Crippen LogP contribution in [0.25, 0.3) is 11.4 Å². The van der Waals surface area contributed by atoms with Crippen LogP contribution in [0.2, 0.25) is 10.0 Å². The van der Waals surface area contributed by atoms with Crippen LogP contribution >= 0.6 is 35.0 Å². The molecule has 0 unspecified atom stereocenters. The average molecular weight is 411 g/mol. The van der Waals surface area contributed by atoms with Gasteiger partial charge < -0.3 is 4.90 Å². The van der Waals surface area contributed by atoms with Gasteiger partial charge in [0, 0.05) is 30.2 Å². The summed E-state index contributed by atoms with van der Waals surface area (Å²) < 4.78 is 1.92. The summed E-state index contributed by atoms with van der Waals surface area (Å²) in [5.74, 6) is 0.779. The molecule has 0 saturated carbocycles. The van der Waals surface area contributed by atoms with Gasteiger partial charge in [0.25, 0.3) is 0 Å². The van der Waals surface area contributed by atoms with Crippen LogP contribution in [0.4, 0.5) is 0 Å². The Labute approximate surface area is 167 Å². The molecule has 1 atom stereocenters. The number of thioether (sulfide) groups is 1. The Balaban J connectivity index is 1.87. The van der Waals surface area contributed by atoms with Crippen LogP contribution in [-0.2, 0) is 11.3 Å². The molecule has 3 rings (SSSR count). The molecule has 1 saturated heterocycles. The van der Waals surface area contributed by atoms with E-state index in [1.807, 2.05) is 22.5 Å². The van der Waals surface area contributed by atoms with Gasteiger partial charge in [-0.3, -0.25) is 9.36 Å². The quantitative estimate of drug-likeness (QED) is 0.517. The normalized spacial score (nSPS) is 15.3. The maximum absolute atomic E-state index is 12.6. The molecule has 2 aromatic rings. The summed E-state index contributed by atoms with van der Waals surface area (Å²) in [6.07, 6.45) is 3.93. The summed E-state index contributed by atoms with van der Waals surface area (Å²) in [7, 11) is 0. The van der Waals surface area contributed by atoms with E-state index in [-0.39, 0.29) is 11.2 Å². The molecule has 0 bridgehead atoms. The molecular formula is C18H20Cl2N4OS. The lowest BCUT2D eigenvalue weighted by Gasteiger charge is -2.19. The molecule has 2 heterocycles. The van der Waals surface area contributed by atoms with E-state index in [9.17, 15) is 4.79 Å². The Morgan fingerprint density at radius 1 is 1.35 bits per heavy atom. The average Bonchev–Trinajstić information content (AvgIpc) is 3.26. The molecule has 5 nitrogen and oxygen atoms in total. The van der Waals surface area contributed by atoms with Gasteiger partial charge in [0.1, 0.15) is 0 Å². The van der Waals surface area contributed by atoms with Gasteiger partial charge in [-0.25, -0.2) is 0 Å². The lowest BCUT2D eigenvalue weighted by atomic mass is 10.2. The SMILES string of the molecule is C=CCn1c(S[C@H](C)C(=O)N2CCCC2)nnc1-c1ccc(Cl)cc1Cl. The summed E-state index contributed by atoms with van der Waals surface area (Å²) in [5, 5.41) is 10.1. The predicted molar refractivity (Wildman–Crippen MR) is 107 cm³/mol. The van der Waals surface area contributed by atoms with Crippen LogP contribution in [0.1, 0.15) is 19.8 Å². The van der Waals surface area contributed by atoms with Gasteiger partial charge >= 0.3 is 0 Å². The first-order chi connectivity index (χ1) is 12.5. The van der Waals surface area contributed by atoms with E-state index in [1.165, 1.54) is 11.8 Å². The first kappa shape index (κ1) is 19.3. The monoisotopic (exact) mass is 410 g/mol. The predicted octanol–water partition coefficient (Wildman–Crippen LogP) is 4.54. The number of hydrogen-bond acceptors (Lipinski definition) is 4. The Morgan fingerprint density at radius 2 is 2.08 bits per heavy atom. The van der Waals surface area contributed by atoms with Crippen molar-refractivity contribution in [2.24, 2.45) is 0 Å². The standard InChI is InChI=1S/C18H20Cl2N4OS/c1-3-8-24-16(14-7-6-13(19)11-15(14)20)21-22-18(24)26-12(2)17(25)23-9-4-5-10-23/h3,6-7,11-12H,1,4-5,8-10H2,2H3/t12-/m1/s1. The zero-order valence-electron chi connectivity index (χ0n) is 14.5. The molecule has 26 heavy (non-hydrogen) atoms. The highest BCUT2D eigenvalue weighted by molar-refractivity contribution is 8.00. The topological polar surface area (TPSA) is 51.0 Å². The molecule has 1 aromatic carbocycles. The number of rotatable bonds is 6. The minimum Gasteiger partial charge on any atom is -0.342 e. The summed E-state index contributed by atoms with van der Waals surface area (Å²) >= 11 is 13.7. The number of hydrogen-bond donors (Lipinski definition) is 0. The third-order valence-electron chi connectivity index (χ3n) is 4.25. The number of halogens is 2. The fourth-order valence-corrected chi connectivity index (χ4v) is 4.38. The van der Waals surface area contributed by atoms with Crippen molar-refractivity contribution in [2.45, 2.75) is 36.7 Å². The fraction of sp³-hybridized carbons (Fsp3) is 0.389. The third-order valence-corrected chi connectivity index (χ3v) is 5.86. The highest BCUT2D eigenvalue weighted by atomic mass is 35.5. The minimum atomic E-state index is -0.227. The minimum absolute atomic E-state index is 0.145. The van der Waals surface area contributed by atoms with Crippen molar-refractivity contribution in [2.75, 3.05) is 13.1 Å². The van der Waals surface area contributed by atoms with Crippen molar-refractivity contribution >= 4 is 40.9 Å². The number of benzene rings is 1. The number of allylic oxidation sites excluding steroid dienone is 1. The number of carbonyl (C=O) groups excluding carboxylic acids is 1. The summed E-state index contributed by atoms with van der Waals surface area (Å²) in [5.41, 5.74) is 0.746. The van der Waals surface area contributed by atoms with Gasteiger partial charge in [0.15, 0.2) is 11.0 Å². The maximum atomic E-state index is 12.6.